The largest absolute Gasteiger partial charge is 0.478 e. The summed E-state index contributed by atoms with van der Waals surface area (Å²) in [5.41, 5.74) is 2.05. The molecule has 31 heavy (non-hydrogen) atoms. The molecule has 0 atom stereocenters. The predicted molar refractivity (Wildman–Crippen MR) is 111 cm³/mol. The maximum absolute atomic E-state index is 15.4. The zero-order chi connectivity index (χ0) is 21.7. The van der Waals surface area contributed by atoms with Crippen LogP contribution in [-0.2, 0) is 6.42 Å². The highest BCUT2D eigenvalue weighted by atomic mass is 19.1. The molecule has 5 rings (SSSR count). The van der Waals surface area contributed by atoms with Crippen molar-refractivity contribution in [3.63, 3.8) is 0 Å². The van der Waals surface area contributed by atoms with Crippen LogP contribution in [0.25, 0.3) is 5.52 Å². The van der Waals surface area contributed by atoms with Crippen LogP contribution in [0.15, 0.2) is 30.6 Å². The molecular formula is C22H21FN4O4. The number of hydrogen-bond donors (Lipinski definition) is 2. The molecule has 3 aromatic rings. The van der Waals surface area contributed by atoms with Gasteiger partial charge in [0.05, 0.1) is 17.4 Å². The summed E-state index contributed by atoms with van der Waals surface area (Å²) in [6, 6.07) is 4.80. The first kappa shape index (κ1) is 19.3. The molecule has 1 fully saturated rings. The summed E-state index contributed by atoms with van der Waals surface area (Å²) >= 11 is 0. The molecule has 1 aliphatic heterocycles. The topological polar surface area (TPSA) is 96.2 Å². The number of fused-ring (bicyclic) bond motifs is 2. The second-order valence-corrected chi connectivity index (χ2v) is 7.92. The van der Waals surface area contributed by atoms with Gasteiger partial charge in [-0.3, -0.25) is 4.90 Å². The Kier molecular flexibility index (Phi) is 4.53. The van der Waals surface area contributed by atoms with Crippen LogP contribution in [0, 0.1) is 12.7 Å². The van der Waals surface area contributed by atoms with Crippen LogP contribution < -0.4 is 15.0 Å². The van der Waals surface area contributed by atoms with E-state index in [0.717, 1.165) is 12.8 Å². The highest BCUT2D eigenvalue weighted by Gasteiger charge is 2.30. The Balaban J connectivity index is 1.50. The van der Waals surface area contributed by atoms with E-state index < -0.39 is 11.8 Å². The molecule has 2 amide bonds. The lowest BCUT2D eigenvalue weighted by molar-refractivity contribution is 0.0696. The summed E-state index contributed by atoms with van der Waals surface area (Å²) in [5, 5.41) is 16.5. The van der Waals surface area contributed by atoms with E-state index in [1.807, 2.05) is 0 Å². The fourth-order valence-corrected chi connectivity index (χ4v) is 4.02. The van der Waals surface area contributed by atoms with Crippen molar-refractivity contribution in [1.29, 1.82) is 0 Å². The third kappa shape index (κ3) is 3.35. The number of rotatable bonds is 4. The minimum absolute atomic E-state index is 0.0220. The summed E-state index contributed by atoms with van der Waals surface area (Å²) in [5.74, 6) is -1.26. The van der Waals surface area contributed by atoms with Crippen molar-refractivity contribution in [2.24, 2.45) is 0 Å². The van der Waals surface area contributed by atoms with Crippen molar-refractivity contribution in [2.45, 2.75) is 38.6 Å². The van der Waals surface area contributed by atoms with Crippen molar-refractivity contribution in [2.75, 3.05) is 11.4 Å². The van der Waals surface area contributed by atoms with Crippen molar-refractivity contribution in [3.05, 3.63) is 53.1 Å². The van der Waals surface area contributed by atoms with Gasteiger partial charge in [-0.2, -0.15) is 5.10 Å². The number of aryl methyl sites for hydroxylation is 1. The van der Waals surface area contributed by atoms with Gasteiger partial charge in [0.25, 0.3) is 0 Å². The van der Waals surface area contributed by atoms with Gasteiger partial charge in [0, 0.05) is 30.4 Å². The number of anilines is 1. The maximum atomic E-state index is 15.4. The summed E-state index contributed by atoms with van der Waals surface area (Å²) in [6.07, 6.45) is 6.00. The summed E-state index contributed by atoms with van der Waals surface area (Å²) in [4.78, 5) is 25.6. The first-order valence-corrected chi connectivity index (χ1v) is 10.2. The minimum Gasteiger partial charge on any atom is -0.478 e. The van der Waals surface area contributed by atoms with Gasteiger partial charge in [-0.05, 0) is 50.3 Å². The van der Waals surface area contributed by atoms with Gasteiger partial charge in [0.15, 0.2) is 17.3 Å². The quantitative estimate of drug-likeness (QED) is 0.662. The Morgan fingerprint density at radius 2 is 2.06 bits per heavy atom. The van der Waals surface area contributed by atoms with Crippen molar-refractivity contribution in [1.82, 2.24) is 14.9 Å². The summed E-state index contributed by atoms with van der Waals surface area (Å²) < 4.78 is 22.7. The van der Waals surface area contributed by atoms with Crippen LogP contribution in [0.4, 0.5) is 14.9 Å². The van der Waals surface area contributed by atoms with E-state index in [-0.39, 0.29) is 23.4 Å². The van der Waals surface area contributed by atoms with Gasteiger partial charge in [-0.25, -0.2) is 18.5 Å². The van der Waals surface area contributed by atoms with E-state index in [1.54, 1.807) is 24.0 Å². The number of urea groups is 1. The van der Waals surface area contributed by atoms with E-state index in [0.29, 0.717) is 47.5 Å². The molecule has 0 unspecified atom stereocenters. The van der Waals surface area contributed by atoms with Gasteiger partial charge in [0.1, 0.15) is 5.52 Å². The molecule has 8 nitrogen and oxygen atoms in total. The number of ether oxygens (including phenoxy) is 1. The first-order valence-electron chi connectivity index (χ1n) is 10.2. The summed E-state index contributed by atoms with van der Waals surface area (Å²) in [7, 11) is 0. The number of carbonyl (C=O) groups is 2. The zero-order valence-corrected chi connectivity index (χ0v) is 16.9. The number of aromatic nitrogens is 2. The number of carbonyl (C=O) groups excluding carboxylic acids is 1. The Hall–Kier alpha value is -3.62. The lowest BCUT2D eigenvalue weighted by Gasteiger charge is -2.30. The van der Waals surface area contributed by atoms with Crippen LogP contribution >= 0.6 is 0 Å². The third-order valence-corrected chi connectivity index (χ3v) is 5.77. The number of aromatic carboxylic acids is 1. The zero-order valence-electron chi connectivity index (χ0n) is 16.9. The van der Waals surface area contributed by atoms with E-state index in [2.05, 4.69) is 10.4 Å². The van der Waals surface area contributed by atoms with Gasteiger partial charge >= 0.3 is 12.0 Å². The fourth-order valence-electron chi connectivity index (χ4n) is 4.02. The van der Waals surface area contributed by atoms with Gasteiger partial charge < -0.3 is 15.2 Å². The molecule has 0 bridgehead atoms. The van der Waals surface area contributed by atoms with Gasteiger partial charge in [-0.15, -0.1) is 0 Å². The number of amides is 2. The molecule has 9 heteroatoms. The molecule has 2 aromatic heterocycles. The van der Waals surface area contributed by atoms with Crippen LogP contribution in [0.5, 0.6) is 11.5 Å². The third-order valence-electron chi connectivity index (χ3n) is 5.77. The molecular weight excluding hydrogens is 403 g/mol. The minimum atomic E-state index is -1.07. The Morgan fingerprint density at radius 1 is 1.26 bits per heavy atom. The van der Waals surface area contributed by atoms with Crippen LogP contribution in [-0.4, -0.2) is 39.3 Å². The molecule has 0 radical (unpaired) electrons. The number of nitrogens with one attached hydrogen (secondary N) is 1. The van der Waals surface area contributed by atoms with Crippen molar-refractivity contribution >= 4 is 23.2 Å². The molecule has 1 aliphatic carbocycles. The molecule has 2 N–H and O–H groups in total. The highest BCUT2D eigenvalue weighted by Crippen LogP contribution is 2.38. The molecule has 1 saturated carbocycles. The second-order valence-electron chi connectivity index (χ2n) is 7.92. The number of hydrogen-bond acceptors (Lipinski definition) is 4. The summed E-state index contributed by atoms with van der Waals surface area (Å²) in [6.45, 7) is 2.20. The number of nitrogens with zero attached hydrogens (tertiary/aromatic N) is 3. The normalized spacial score (nSPS) is 15.6. The SMILES string of the molecule is Cc1c(C(=O)O)cn2nccc(Oc3ccc4c(c3F)CCCN4C(=O)NC3CC3)c12. The maximum Gasteiger partial charge on any atom is 0.337 e. The molecule has 1 aromatic carbocycles. The fraction of sp³-hybridized carbons (Fsp3) is 0.318. The Morgan fingerprint density at radius 3 is 2.81 bits per heavy atom. The Bertz CT molecular complexity index is 1220. The van der Waals surface area contributed by atoms with Crippen LogP contribution in [0.3, 0.4) is 0 Å². The molecule has 3 heterocycles. The number of carboxylic acid groups (broad SMARTS) is 1. The lowest BCUT2D eigenvalue weighted by atomic mass is 10.0. The smallest absolute Gasteiger partial charge is 0.337 e. The monoisotopic (exact) mass is 424 g/mol. The molecule has 160 valence electrons. The second kappa shape index (κ2) is 7.26. The first-order chi connectivity index (χ1) is 14.9. The van der Waals surface area contributed by atoms with Crippen molar-refractivity contribution < 1.29 is 23.8 Å². The van der Waals surface area contributed by atoms with Crippen LogP contribution in [0.2, 0.25) is 0 Å². The predicted octanol–water partition coefficient (Wildman–Crippen LogP) is 3.90. The van der Waals surface area contributed by atoms with Gasteiger partial charge in [-0.1, -0.05) is 0 Å². The number of benzene rings is 1. The van der Waals surface area contributed by atoms with E-state index >= 15 is 4.39 Å². The molecule has 2 aliphatic rings. The van der Waals surface area contributed by atoms with E-state index in [1.165, 1.54) is 23.0 Å². The lowest BCUT2D eigenvalue weighted by Crippen LogP contribution is -2.43. The van der Waals surface area contributed by atoms with Crippen LogP contribution in [0.1, 0.15) is 40.7 Å². The average molecular weight is 424 g/mol. The van der Waals surface area contributed by atoms with E-state index in [9.17, 15) is 14.7 Å². The van der Waals surface area contributed by atoms with E-state index in [4.69, 9.17) is 4.74 Å². The average Bonchev–Trinajstić information content (AvgIpc) is 3.50. The van der Waals surface area contributed by atoms with Gasteiger partial charge in [0.2, 0.25) is 0 Å². The van der Waals surface area contributed by atoms with Crippen molar-refractivity contribution in [3.8, 4) is 11.5 Å². The Labute approximate surface area is 177 Å². The standard InChI is InChI=1S/C22H21FN4O4/c1-12-15(21(28)29)11-27-20(12)18(8-9-24-27)31-17-7-6-16-14(19(17)23)3-2-10-26(16)22(30)25-13-4-5-13/h6-9,11,13H,2-5,10H2,1H3,(H,25,30)(H,28,29). The number of carboxylic acids is 1. The highest BCUT2D eigenvalue weighted by molar-refractivity contribution is 5.94. The molecule has 0 saturated heterocycles. The molecule has 0 spiro atoms. The number of halogens is 1.